The highest BCUT2D eigenvalue weighted by Crippen LogP contribution is 2.20. The average Bonchev–Trinajstić information content (AvgIpc) is 2.58. The first kappa shape index (κ1) is 16.6. The molecule has 1 aromatic heterocycles. The molecule has 0 aliphatic carbocycles. The molecule has 0 saturated carbocycles. The molecule has 0 aliphatic heterocycles. The first-order valence-electron chi connectivity index (χ1n) is 7.29. The third-order valence-electron chi connectivity index (χ3n) is 3.31. The molecule has 2 N–H and O–H groups in total. The van der Waals surface area contributed by atoms with Crippen LogP contribution in [0.25, 0.3) is 17.3 Å². The third kappa shape index (κ3) is 4.89. The number of carbonyl (C=O) groups is 1. The molecule has 6 heteroatoms. The van der Waals surface area contributed by atoms with Gasteiger partial charge in [-0.25, -0.2) is 9.78 Å². The standard InChI is InChI=1S/C17H20N4O2/c1-18-8-9-21(2)16-12-19-11-15(20-16)14-5-3-4-13(10-14)6-7-17(22)23/h3-7,10-12,18H,8-9H2,1-2H3,(H,22,23)/b7-6+. The quantitative estimate of drug-likeness (QED) is 0.760. The predicted molar refractivity (Wildman–Crippen MR) is 91.3 cm³/mol. The van der Waals surface area contributed by atoms with Crippen molar-refractivity contribution >= 4 is 17.9 Å². The second-order valence-electron chi connectivity index (χ2n) is 5.08. The minimum Gasteiger partial charge on any atom is -0.478 e. The Morgan fingerprint density at radius 2 is 2.22 bits per heavy atom. The van der Waals surface area contributed by atoms with Crippen molar-refractivity contribution in [2.24, 2.45) is 0 Å². The number of nitrogens with zero attached hydrogens (tertiary/aromatic N) is 3. The molecule has 0 radical (unpaired) electrons. The summed E-state index contributed by atoms with van der Waals surface area (Å²) in [7, 11) is 3.88. The molecule has 2 rings (SSSR count). The van der Waals surface area contributed by atoms with Crippen molar-refractivity contribution < 1.29 is 9.90 Å². The second-order valence-corrected chi connectivity index (χ2v) is 5.08. The highest BCUT2D eigenvalue weighted by Gasteiger charge is 2.06. The summed E-state index contributed by atoms with van der Waals surface area (Å²) in [6.45, 7) is 1.69. The smallest absolute Gasteiger partial charge is 0.328 e. The van der Waals surface area contributed by atoms with Crippen LogP contribution in [0.5, 0.6) is 0 Å². The molecule has 23 heavy (non-hydrogen) atoms. The SMILES string of the molecule is CNCCN(C)c1cncc(-c2cccc(/C=C/C(=O)O)c2)n1. The molecule has 1 aromatic carbocycles. The summed E-state index contributed by atoms with van der Waals surface area (Å²) in [5.74, 6) is -0.174. The minimum absolute atomic E-state index is 0.754. The van der Waals surface area contributed by atoms with Gasteiger partial charge in [0.05, 0.1) is 18.1 Å². The van der Waals surface area contributed by atoms with Gasteiger partial charge in [0.1, 0.15) is 5.82 Å². The summed E-state index contributed by atoms with van der Waals surface area (Å²) in [6.07, 6.45) is 6.11. The molecule has 2 aromatic rings. The van der Waals surface area contributed by atoms with Crippen LogP contribution in [0.2, 0.25) is 0 Å². The maximum Gasteiger partial charge on any atom is 0.328 e. The van der Waals surface area contributed by atoms with Crippen LogP contribution >= 0.6 is 0 Å². The van der Waals surface area contributed by atoms with Gasteiger partial charge in [0.25, 0.3) is 0 Å². The molecule has 0 aliphatic rings. The van der Waals surface area contributed by atoms with E-state index in [9.17, 15) is 4.79 Å². The van der Waals surface area contributed by atoms with Crippen molar-refractivity contribution in [2.45, 2.75) is 0 Å². The number of aliphatic carboxylic acids is 1. The molecule has 0 atom stereocenters. The van der Waals surface area contributed by atoms with Crippen LogP contribution < -0.4 is 10.2 Å². The van der Waals surface area contributed by atoms with Gasteiger partial charge in [-0.1, -0.05) is 18.2 Å². The van der Waals surface area contributed by atoms with Gasteiger partial charge in [-0.2, -0.15) is 0 Å². The first-order valence-corrected chi connectivity index (χ1v) is 7.29. The lowest BCUT2D eigenvalue weighted by Crippen LogP contribution is -2.27. The minimum atomic E-state index is -0.969. The highest BCUT2D eigenvalue weighted by atomic mass is 16.4. The van der Waals surface area contributed by atoms with E-state index in [0.29, 0.717) is 0 Å². The molecule has 0 fully saturated rings. The van der Waals surface area contributed by atoms with Crippen molar-refractivity contribution in [3.8, 4) is 11.3 Å². The zero-order valence-corrected chi connectivity index (χ0v) is 13.2. The zero-order valence-electron chi connectivity index (χ0n) is 13.2. The predicted octanol–water partition coefficient (Wildman–Crippen LogP) is 1.90. The van der Waals surface area contributed by atoms with Crippen LogP contribution in [-0.2, 0) is 4.79 Å². The normalized spacial score (nSPS) is 10.9. The van der Waals surface area contributed by atoms with Crippen molar-refractivity contribution in [2.75, 3.05) is 32.1 Å². The zero-order chi connectivity index (χ0) is 16.7. The van der Waals surface area contributed by atoms with Crippen LogP contribution in [0.4, 0.5) is 5.82 Å². The van der Waals surface area contributed by atoms with Crippen molar-refractivity contribution in [3.05, 3.63) is 48.3 Å². The summed E-state index contributed by atoms with van der Waals surface area (Å²) in [4.78, 5) is 21.5. The summed E-state index contributed by atoms with van der Waals surface area (Å²) in [6, 6.07) is 7.54. The Morgan fingerprint density at radius 1 is 1.39 bits per heavy atom. The second kappa shape index (κ2) is 8.05. The number of aromatic nitrogens is 2. The monoisotopic (exact) mass is 312 g/mol. The van der Waals surface area contributed by atoms with E-state index < -0.39 is 5.97 Å². The van der Waals surface area contributed by atoms with Gasteiger partial charge in [0, 0.05) is 31.8 Å². The fourth-order valence-corrected chi connectivity index (χ4v) is 2.04. The molecule has 1 heterocycles. The molecule has 0 bridgehead atoms. The van der Waals surface area contributed by atoms with E-state index in [4.69, 9.17) is 5.11 Å². The van der Waals surface area contributed by atoms with Crippen LogP contribution in [-0.4, -0.2) is 48.2 Å². The molecular formula is C17H20N4O2. The first-order chi connectivity index (χ1) is 11.1. The largest absolute Gasteiger partial charge is 0.478 e. The van der Waals surface area contributed by atoms with E-state index in [1.54, 1.807) is 18.5 Å². The summed E-state index contributed by atoms with van der Waals surface area (Å²) < 4.78 is 0. The Labute approximate surface area is 135 Å². The molecule has 0 unspecified atom stereocenters. The van der Waals surface area contributed by atoms with E-state index in [-0.39, 0.29) is 0 Å². The number of carboxylic acids is 1. The van der Waals surface area contributed by atoms with Gasteiger partial charge in [0.2, 0.25) is 0 Å². The van der Waals surface area contributed by atoms with Crippen molar-refractivity contribution in [1.82, 2.24) is 15.3 Å². The average molecular weight is 312 g/mol. The van der Waals surface area contributed by atoms with Crippen molar-refractivity contribution in [1.29, 1.82) is 0 Å². The Morgan fingerprint density at radius 3 is 2.96 bits per heavy atom. The lowest BCUT2D eigenvalue weighted by Gasteiger charge is -2.18. The summed E-state index contributed by atoms with van der Waals surface area (Å²) >= 11 is 0. The number of rotatable bonds is 7. The van der Waals surface area contributed by atoms with E-state index in [0.717, 1.165) is 41.8 Å². The Hall–Kier alpha value is -2.73. The van der Waals surface area contributed by atoms with Crippen LogP contribution in [0, 0.1) is 0 Å². The number of anilines is 1. The number of carboxylic acid groups (broad SMARTS) is 1. The number of likely N-dealkylation sites (N-methyl/N-ethyl adjacent to an activating group) is 2. The van der Waals surface area contributed by atoms with E-state index in [2.05, 4.69) is 15.3 Å². The molecule has 0 amide bonds. The lowest BCUT2D eigenvalue weighted by atomic mass is 10.1. The van der Waals surface area contributed by atoms with E-state index >= 15 is 0 Å². The van der Waals surface area contributed by atoms with Gasteiger partial charge < -0.3 is 15.3 Å². The number of benzene rings is 1. The van der Waals surface area contributed by atoms with E-state index in [1.807, 2.05) is 43.3 Å². The van der Waals surface area contributed by atoms with Crippen LogP contribution in [0.1, 0.15) is 5.56 Å². The molecule has 6 nitrogen and oxygen atoms in total. The molecule has 120 valence electrons. The molecule has 0 spiro atoms. The topological polar surface area (TPSA) is 78.4 Å². The third-order valence-corrected chi connectivity index (χ3v) is 3.31. The van der Waals surface area contributed by atoms with Crippen LogP contribution in [0.15, 0.2) is 42.7 Å². The van der Waals surface area contributed by atoms with Gasteiger partial charge in [-0.05, 0) is 24.8 Å². The van der Waals surface area contributed by atoms with Crippen molar-refractivity contribution in [3.63, 3.8) is 0 Å². The fraction of sp³-hybridized carbons (Fsp3) is 0.235. The summed E-state index contributed by atoms with van der Waals surface area (Å²) in [5, 5.41) is 11.8. The Kier molecular flexibility index (Phi) is 5.82. The van der Waals surface area contributed by atoms with Gasteiger partial charge in [-0.15, -0.1) is 0 Å². The highest BCUT2D eigenvalue weighted by molar-refractivity contribution is 5.85. The molecule has 0 saturated heterocycles. The van der Waals surface area contributed by atoms with Gasteiger partial charge >= 0.3 is 5.97 Å². The Bertz CT molecular complexity index is 700. The van der Waals surface area contributed by atoms with Crippen LogP contribution in [0.3, 0.4) is 0 Å². The lowest BCUT2D eigenvalue weighted by molar-refractivity contribution is -0.131. The number of hydrogen-bond donors (Lipinski definition) is 2. The number of hydrogen-bond acceptors (Lipinski definition) is 5. The Balaban J connectivity index is 2.25. The van der Waals surface area contributed by atoms with E-state index in [1.165, 1.54) is 0 Å². The summed E-state index contributed by atoms with van der Waals surface area (Å²) in [5.41, 5.74) is 2.46. The number of nitrogens with one attached hydrogen (secondary N) is 1. The van der Waals surface area contributed by atoms with Gasteiger partial charge in [-0.3, -0.25) is 4.98 Å². The van der Waals surface area contributed by atoms with Gasteiger partial charge in [0.15, 0.2) is 0 Å². The molecular weight excluding hydrogens is 292 g/mol. The fourth-order valence-electron chi connectivity index (χ4n) is 2.04. The maximum atomic E-state index is 10.6. The maximum absolute atomic E-state index is 10.6.